The number of alkyl carbamates (subject to hydrolysis) is 1. The number of carboxylic acid groups (broad SMARTS) is 1. The highest BCUT2D eigenvalue weighted by Gasteiger charge is 2.30. The maximum absolute atomic E-state index is 12.8. The highest BCUT2D eigenvalue weighted by Crippen LogP contribution is 2.44. The van der Waals surface area contributed by atoms with Gasteiger partial charge in [-0.3, -0.25) is 4.79 Å². The molecule has 0 fully saturated rings. The van der Waals surface area contributed by atoms with Crippen molar-refractivity contribution in [1.29, 1.82) is 0 Å². The Morgan fingerprint density at radius 2 is 1.60 bits per heavy atom. The lowest BCUT2D eigenvalue weighted by atomic mass is 9.98. The van der Waals surface area contributed by atoms with Crippen molar-refractivity contribution in [3.05, 3.63) is 71.3 Å². The number of allylic oxidation sites excluding steroid dienone is 1. The van der Waals surface area contributed by atoms with E-state index in [1.54, 1.807) is 13.0 Å². The van der Waals surface area contributed by atoms with Crippen molar-refractivity contribution in [2.24, 2.45) is 0 Å². The summed E-state index contributed by atoms with van der Waals surface area (Å²) in [6.07, 6.45) is 1.14. The number of fused-ring (bicyclic) bond motifs is 3. The second-order valence-electron chi connectivity index (χ2n) is 8.57. The fourth-order valence-corrected chi connectivity index (χ4v) is 4.04. The van der Waals surface area contributed by atoms with Crippen molar-refractivity contribution >= 4 is 18.0 Å². The maximum atomic E-state index is 12.8. The third-order valence-electron chi connectivity index (χ3n) is 5.81. The van der Waals surface area contributed by atoms with Crippen molar-refractivity contribution in [3.63, 3.8) is 0 Å². The summed E-state index contributed by atoms with van der Waals surface area (Å²) < 4.78 is 5.53. The molecule has 0 bridgehead atoms. The molecule has 2 aromatic carbocycles. The minimum Gasteiger partial charge on any atom is -0.480 e. The van der Waals surface area contributed by atoms with Gasteiger partial charge < -0.3 is 20.5 Å². The van der Waals surface area contributed by atoms with Crippen LogP contribution in [0.25, 0.3) is 11.1 Å². The molecule has 0 heterocycles. The Morgan fingerprint density at radius 3 is 2.14 bits per heavy atom. The average Bonchev–Trinajstić information content (AvgIpc) is 3.16. The van der Waals surface area contributed by atoms with Crippen LogP contribution in [0, 0.1) is 11.8 Å². The van der Waals surface area contributed by atoms with Crippen LogP contribution >= 0.6 is 0 Å². The molecule has 0 radical (unpaired) electrons. The first kappa shape index (κ1) is 25.6. The van der Waals surface area contributed by atoms with Gasteiger partial charge in [-0.25, -0.2) is 9.59 Å². The first-order valence-corrected chi connectivity index (χ1v) is 11.5. The number of ether oxygens (including phenoxy) is 1. The lowest BCUT2D eigenvalue weighted by Crippen LogP contribution is -2.51. The Kier molecular flexibility index (Phi) is 8.69. The van der Waals surface area contributed by atoms with Crippen molar-refractivity contribution in [2.45, 2.75) is 51.6 Å². The first-order valence-electron chi connectivity index (χ1n) is 11.5. The van der Waals surface area contributed by atoms with Crippen LogP contribution < -0.4 is 10.6 Å². The zero-order valence-corrected chi connectivity index (χ0v) is 20.1. The molecule has 1 aliphatic rings. The van der Waals surface area contributed by atoms with Crippen LogP contribution in [0.3, 0.4) is 0 Å². The molecule has 0 saturated carbocycles. The molecule has 182 valence electrons. The Labute approximate surface area is 205 Å². The van der Waals surface area contributed by atoms with Crippen LogP contribution in [0.15, 0.2) is 60.2 Å². The number of aliphatic carboxylic acids is 1. The van der Waals surface area contributed by atoms with Gasteiger partial charge in [-0.05, 0) is 49.4 Å². The van der Waals surface area contributed by atoms with E-state index in [-0.39, 0.29) is 25.4 Å². The van der Waals surface area contributed by atoms with E-state index in [0.717, 1.165) is 27.8 Å². The summed E-state index contributed by atoms with van der Waals surface area (Å²) in [5, 5.41) is 14.5. The largest absolute Gasteiger partial charge is 0.480 e. The van der Waals surface area contributed by atoms with Crippen molar-refractivity contribution in [3.8, 4) is 23.0 Å². The molecule has 0 spiro atoms. The zero-order chi connectivity index (χ0) is 25.4. The molecule has 0 aliphatic heterocycles. The number of rotatable bonds is 9. The number of nitrogens with one attached hydrogen (secondary N) is 2. The number of benzene rings is 2. The van der Waals surface area contributed by atoms with Crippen LogP contribution in [-0.4, -0.2) is 41.8 Å². The molecule has 1 aliphatic carbocycles. The van der Waals surface area contributed by atoms with E-state index in [0.29, 0.717) is 0 Å². The van der Waals surface area contributed by atoms with E-state index in [1.165, 1.54) is 0 Å². The molecule has 7 nitrogen and oxygen atoms in total. The predicted octanol–water partition coefficient (Wildman–Crippen LogP) is 4.23. The SMILES string of the molecule is CC#CCC(NC(=O)OCC1c2ccccc2-c2ccccc21)C(=O)NC(CC=C(C)C)C(=O)O. The summed E-state index contributed by atoms with van der Waals surface area (Å²) in [5.41, 5.74) is 5.33. The van der Waals surface area contributed by atoms with E-state index >= 15 is 0 Å². The summed E-state index contributed by atoms with van der Waals surface area (Å²) in [7, 11) is 0. The average molecular weight is 475 g/mol. The monoisotopic (exact) mass is 474 g/mol. The van der Waals surface area contributed by atoms with E-state index in [1.807, 2.05) is 62.4 Å². The Morgan fingerprint density at radius 1 is 1.00 bits per heavy atom. The Bertz CT molecular complexity index is 1140. The normalized spacial score (nSPS) is 13.2. The van der Waals surface area contributed by atoms with Gasteiger partial charge in [-0.1, -0.05) is 60.2 Å². The topological polar surface area (TPSA) is 105 Å². The van der Waals surface area contributed by atoms with Crippen LogP contribution in [-0.2, 0) is 14.3 Å². The molecule has 3 rings (SSSR count). The van der Waals surface area contributed by atoms with Gasteiger partial charge in [0.05, 0.1) is 0 Å². The molecule has 7 heteroatoms. The van der Waals surface area contributed by atoms with E-state index in [2.05, 4.69) is 22.5 Å². The third-order valence-corrected chi connectivity index (χ3v) is 5.81. The maximum Gasteiger partial charge on any atom is 0.407 e. The Hall–Kier alpha value is -4.05. The summed E-state index contributed by atoms with van der Waals surface area (Å²) >= 11 is 0. The molecule has 35 heavy (non-hydrogen) atoms. The van der Waals surface area contributed by atoms with Crippen LogP contribution in [0.1, 0.15) is 50.7 Å². The second-order valence-corrected chi connectivity index (χ2v) is 8.57. The second kappa shape index (κ2) is 11.9. The Balaban J connectivity index is 1.67. The quantitative estimate of drug-likeness (QED) is 0.373. The van der Waals surface area contributed by atoms with Gasteiger partial charge in [-0.2, -0.15) is 0 Å². The van der Waals surface area contributed by atoms with Crippen LogP contribution in [0.2, 0.25) is 0 Å². The zero-order valence-electron chi connectivity index (χ0n) is 20.1. The number of amides is 2. The lowest BCUT2D eigenvalue weighted by Gasteiger charge is -2.20. The molecule has 2 amide bonds. The molecular formula is C28H30N2O5. The van der Waals surface area contributed by atoms with Gasteiger partial charge >= 0.3 is 12.1 Å². The van der Waals surface area contributed by atoms with Gasteiger partial charge in [0.15, 0.2) is 0 Å². The highest BCUT2D eigenvalue weighted by atomic mass is 16.5. The first-order chi connectivity index (χ1) is 16.8. The van der Waals surface area contributed by atoms with Gasteiger partial charge in [0.2, 0.25) is 5.91 Å². The molecule has 0 aromatic heterocycles. The summed E-state index contributed by atoms with van der Waals surface area (Å²) in [6, 6.07) is 13.8. The minimum atomic E-state index is -1.16. The van der Waals surface area contributed by atoms with Crippen molar-refractivity contribution in [2.75, 3.05) is 6.61 Å². The molecule has 2 aromatic rings. The lowest BCUT2D eigenvalue weighted by molar-refractivity contribution is -0.142. The van der Waals surface area contributed by atoms with Crippen molar-refractivity contribution in [1.82, 2.24) is 10.6 Å². The molecular weight excluding hydrogens is 444 g/mol. The van der Waals surface area contributed by atoms with E-state index < -0.39 is 30.1 Å². The smallest absolute Gasteiger partial charge is 0.407 e. The van der Waals surface area contributed by atoms with Gasteiger partial charge in [0.1, 0.15) is 18.7 Å². The number of hydrogen-bond acceptors (Lipinski definition) is 4. The van der Waals surface area contributed by atoms with Gasteiger partial charge in [-0.15, -0.1) is 11.8 Å². The van der Waals surface area contributed by atoms with Crippen LogP contribution in [0.4, 0.5) is 4.79 Å². The van der Waals surface area contributed by atoms with Crippen molar-refractivity contribution < 1.29 is 24.2 Å². The summed E-state index contributed by atoms with van der Waals surface area (Å²) in [6.45, 7) is 5.42. The summed E-state index contributed by atoms with van der Waals surface area (Å²) in [4.78, 5) is 37.0. The number of carbonyl (C=O) groups is 3. The number of carboxylic acids is 1. The van der Waals surface area contributed by atoms with E-state index in [4.69, 9.17) is 4.74 Å². The predicted molar refractivity (Wildman–Crippen MR) is 134 cm³/mol. The van der Waals surface area contributed by atoms with Crippen LogP contribution in [0.5, 0.6) is 0 Å². The third kappa shape index (κ3) is 6.51. The molecule has 0 saturated heterocycles. The highest BCUT2D eigenvalue weighted by molar-refractivity contribution is 5.89. The number of hydrogen-bond donors (Lipinski definition) is 3. The standard InChI is InChI=1S/C28H30N2O5/c1-4-5-14-24(26(31)29-25(27(32)33)16-15-18(2)3)30-28(34)35-17-23-21-12-8-6-10-19(21)20-11-7-9-13-22(20)23/h6-13,15,23-25H,14,16-17H2,1-3H3,(H,29,31)(H,30,34)(H,32,33). The fraction of sp³-hybridized carbons (Fsp3) is 0.321. The van der Waals surface area contributed by atoms with Gasteiger partial charge in [0, 0.05) is 12.3 Å². The molecule has 2 atom stereocenters. The fourth-order valence-electron chi connectivity index (χ4n) is 4.04. The minimum absolute atomic E-state index is 0.0293. The van der Waals surface area contributed by atoms with Gasteiger partial charge in [0.25, 0.3) is 0 Å². The van der Waals surface area contributed by atoms with E-state index in [9.17, 15) is 19.5 Å². The molecule has 2 unspecified atom stereocenters. The molecule has 3 N–H and O–H groups in total. The number of carbonyl (C=O) groups excluding carboxylic acids is 2. The summed E-state index contributed by atoms with van der Waals surface area (Å²) in [5.74, 6) is 3.56.